The minimum absolute atomic E-state index is 0.184. The molecule has 0 radical (unpaired) electrons. The molecule has 1 saturated heterocycles. The van der Waals surface area contributed by atoms with E-state index in [9.17, 15) is 9.59 Å². The Morgan fingerprint density at radius 1 is 1.50 bits per heavy atom. The Labute approximate surface area is 116 Å². The molecule has 0 aliphatic carbocycles. The number of aliphatic carboxylic acids is 1. The van der Waals surface area contributed by atoms with Crippen LogP contribution in [0.5, 0.6) is 0 Å². The zero-order valence-electron chi connectivity index (χ0n) is 11.1. The summed E-state index contributed by atoms with van der Waals surface area (Å²) in [6.07, 6.45) is 0.681. The van der Waals surface area contributed by atoms with Gasteiger partial charge in [0.05, 0.1) is 5.69 Å². The molecule has 1 atom stereocenters. The molecule has 1 aliphatic rings. The highest BCUT2D eigenvalue weighted by molar-refractivity contribution is 6.31. The number of rotatable bonds is 3. The van der Waals surface area contributed by atoms with Gasteiger partial charge in [-0.1, -0.05) is 0 Å². The van der Waals surface area contributed by atoms with Crippen LogP contribution in [-0.2, 0) is 9.59 Å². The first-order chi connectivity index (χ1) is 9.51. The summed E-state index contributed by atoms with van der Waals surface area (Å²) in [7, 11) is 1.74. The summed E-state index contributed by atoms with van der Waals surface area (Å²) in [6, 6.07) is 3.38. The Morgan fingerprint density at radius 3 is 2.90 bits per heavy atom. The third-order valence-electron chi connectivity index (χ3n) is 3.19. The van der Waals surface area contributed by atoms with Crippen molar-refractivity contribution in [3.63, 3.8) is 0 Å². The van der Waals surface area contributed by atoms with Gasteiger partial charge in [0.1, 0.15) is 5.82 Å². The number of pyridine rings is 1. The van der Waals surface area contributed by atoms with E-state index in [2.05, 4.69) is 15.6 Å². The summed E-state index contributed by atoms with van der Waals surface area (Å²) in [5.41, 5.74) is 6.32. The topological polar surface area (TPSA) is 121 Å². The van der Waals surface area contributed by atoms with Crippen molar-refractivity contribution in [2.24, 2.45) is 0 Å². The molecule has 2 heterocycles. The van der Waals surface area contributed by atoms with E-state index in [1.165, 1.54) is 0 Å². The van der Waals surface area contributed by atoms with E-state index in [0.29, 0.717) is 31.0 Å². The van der Waals surface area contributed by atoms with Gasteiger partial charge < -0.3 is 26.4 Å². The van der Waals surface area contributed by atoms with Crippen LogP contribution in [0.1, 0.15) is 6.42 Å². The molecule has 2 rings (SSSR count). The first-order valence-corrected chi connectivity index (χ1v) is 6.24. The number of carboxylic acid groups (broad SMARTS) is 1. The van der Waals surface area contributed by atoms with Crippen molar-refractivity contribution < 1.29 is 14.7 Å². The Hall–Kier alpha value is -2.51. The molecular weight excluding hydrogens is 262 g/mol. The van der Waals surface area contributed by atoms with E-state index < -0.39 is 11.9 Å². The van der Waals surface area contributed by atoms with Crippen molar-refractivity contribution in [1.29, 1.82) is 0 Å². The van der Waals surface area contributed by atoms with Crippen molar-refractivity contribution in [1.82, 2.24) is 10.3 Å². The van der Waals surface area contributed by atoms with E-state index in [4.69, 9.17) is 10.8 Å². The quantitative estimate of drug-likeness (QED) is 0.550. The van der Waals surface area contributed by atoms with Crippen LogP contribution in [0.3, 0.4) is 0 Å². The first-order valence-electron chi connectivity index (χ1n) is 6.24. The molecule has 0 saturated carbocycles. The second-order valence-electron chi connectivity index (χ2n) is 4.57. The highest BCUT2D eigenvalue weighted by Crippen LogP contribution is 2.23. The predicted octanol–water partition coefficient (Wildman–Crippen LogP) is -0.515. The zero-order chi connectivity index (χ0) is 14.7. The molecule has 0 spiro atoms. The van der Waals surface area contributed by atoms with Crippen LogP contribution in [0.2, 0.25) is 0 Å². The number of carboxylic acids is 1. The van der Waals surface area contributed by atoms with Crippen LogP contribution in [0.4, 0.5) is 17.3 Å². The number of nitrogen functional groups attached to an aromatic ring is 1. The molecule has 0 aromatic carbocycles. The number of nitrogens with zero attached hydrogens (tertiary/aromatic N) is 2. The average molecular weight is 279 g/mol. The molecule has 20 heavy (non-hydrogen) atoms. The van der Waals surface area contributed by atoms with Gasteiger partial charge in [-0.2, -0.15) is 0 Å². The molecular formula is C12H17N5O3. The third-order valence-corrected chi connectivity index (χ3v) is 3.19. The Bertz CT molecular complexity index is 534. The maximum absolute atomic E-state index is 11.1. The van der Waals surface area contributed by atoms with Gasteiger partial charge in [0.25, 0.3) is 0 Å². The summed E-state index contributed by atoms with van der Waals surface area (Å²) < 4.78 is 0. The second kappa shape index (κ2) is 5.64. The van der Waals surface area contributed by atoms with Crippen LogP contribution in [0.15, 0.2) is 12.1 Å². The van der Waals surface area contributed by atoms with Gasteiger partial charge in [0.15, 0.2) is 5.82 Å². The number of hydrogen-bond acceptors (Lipinski definition) is 6. The number of anilines is 3. The summed E-state index contributed by atoms with van der Waals surface area (Å²) in [5, 5.41) is 13.9. The first kappa shape index (κ1) is 13.9. The lowest BCUT2D eigenvalue weighted by Crippen LogP contribution is -2.40. The van der Waals surface area contributed by atoms with E-state index in [1.54, 1.807) is 19.2 Å². The van der Waals surface area contributed by atoms with Crippen molar-refractivity contribution >= 4 is 29.2 Å². The van der Waals surface area contributed by atoms with Crippen molar-refractivity contribution in [3.8, 4) is 0 Å². The summed E-state index contributed by atoms with van der Waals surface area (Å²) in [4.78, 5) is 28.0. The second-order valence-corrected chi connectivity index (χ2v) is 4.57. The molecule has 0 bridgehead atoms. The molecule has 8 heteroatoms. The number of nitrogens with one attached hydrogen (secondary N) is 2. The van der Waals surface area contributed by atoms with Gasteiger partial charge in [0.2, 0.25) is 0 Å². The molecule has 1 fully saturated rings. The Morgan fingerprint density at radius 2 is 2.25 bits per heavy atom. The summed E-state index contributed by atoms with van der Waals surface area (Å²) in [6.45, 7) is 1.23. The van der Waals surface area contributed by atoms with Crippen LogP contribution >= 0.6 is 0 Å². The molecule has 1 aromatic heterocycles. The van der Waals surface area contributed by atoms with Crippen molar-refractivity contribution in [2.45, 2.75) is 12.5 Å². The van der Waals surface area contributed by atoms with Crippen LogP contribution in [0, 0.1) is 0 Å². The monoisotopic (exact) mass is 279 g/mol. The minimum atomic E-state index is -1.47. The van der Waals surface area contributed by atoms with Gasteiger partial charge >= 0.3 is 11.9 Å². The van der Waals surface area contributed by atoms with Crippen molar-refractivity contribution in [2.75, 3.05) is 36.1 Å². The third kappa shape index (κ3) is 2.90. The van der Waals surface area contributed by atoms with Gasteiger partial charge in [-0.05, 0) is 18.6 Å². The van der Waals surface area contributed by atoms with E-state index in [0.717, 1.165) is 5.82 Å². The predicted molar refractivity (Wildman–Crippen MR) is 74.6 cm³/mol. The standard InChI is InChI=1S/C12H17N5O3/c1-14-10-8(13)2-3-9(16-10)17-5-4-7(6-17)15-11(18)12(19)20/h2-3,7H,4-6,13H2,1H3,(H,14,16)(H,15,18)(H,19,20). The van der Waals surface area contributed by atoms with Gasteiger partial charge in [-0.25, -0.2) is 9.78 Å². The lowest BCUT2D eigenvalue weighted by Gasteiger charge is -2.19. The number of hydrogen-bond donors (Lipinski definition) is 4. The van der Waals surface area contributed by atoms with Gasteiger partial charge in [-0.15, -0.1) is 0 Å². The van der Waals surface area contributed by atoms with E-state index >= 15 is 0 Å². The summed E-state index contributed by atoms with van der Waals surface area (Å²) >= 11 is 0. The fourth-order valence-corrected chi connectivity index (χ4v) is 2.17. The molecule has 1 aliphatic heterocycles. The van der Waals surface area contributed by atoms with Crippen molar-refractivity contribution in [3.05, 3.63) is 12.1 Å². The molecule has 1 unspecified atom stereocenters. The molecule has 8 nitrogen and oxygen atoms in total. The number of aromatic nitrogens is 1. The number of carbonyl (C=O) groups is 2. The smallest absolute Gasteiger partial charge is 0.394 e. The van der Waals surface area contributed by atoms with E-state index in [-0.39, 0.29) is 6.04 Å². The Kier molecular flexibility index (Phi) is 3.92. The molecule has 108 valence electrons. The van der Waals surface area contributed by atoms with Gasteiger partial charge in [-0.3, -0.25) is 4.79 Å². The van der Waals surface area contributed by atoms with Crippen LogP contribution in [0.25, 0.3) is 0 Å². The largest absolute Gasteiger partial charge is 0.474 e. The average Bonchev–Trinajstić information content (AvgIpc) is 2.87. The number of carbonyl (C=O) groups excluding carboxylic acids is 1. The normalized spacial score (nSPS) is 17.9. The van der Waals surface area contributed by atoms with E-state index in [1.807, 2.05) is 4.90 Å². The highest BCUT2D eigenvalue weighted by atomic mass is 16.4. The fraction of sp³-hybridized carbons (Fsp3) is 0.417. The molecule has 5 N–H and O–H groups in total. The lowest BCUT2D eigenvalue weighted by atomic mass is 10.2. The highest BCUT2D eigenvalue weighted by Gasteiger charge is 2.26. The summed E-state index contributed by atoms with van der Waals surface area (Å²) in [5.74, 6) is -1.10. The fourth-order valence-electron chi connectivity index (χ4n) is 2.17. The maximum Gasteiger partial charge on any atom is 0.394 e. The van der Waals surface area contributed by atoms with Crippen LogP contribution in [-0.4, -0.2) is 48.1 Å². The maximum atomic E-state index is 11.1. The molecule has 1 amide bonds. The van der Waals surface area contributed by atoms with Gasteiger partial charge in [0, 0.05) is 26.2 Å². The molecule has 1 aromatic rings. The SMILES string of the molecule is CNc1nc(N2CCC(NC(=O)C(=O)O)C2)ccc1N. The number of nitrogens with two attached hydrogens (primary N) is 1. The Balaban J connectivity index is 2.02. The minimum Gasteiger partial charge on any atom is -0.474 e. The van der Waals surface area contributed by atoms with Crippen LogP contribution < -0.4 is 21.3 Å². The zero-order valence-corrected chi connectivity index (χ0v) is 11.1. The lowest BCUT2D eigenvalue weighted by molar-refractivity contribution is -0.150. The number of amides is 1.